The number of aromatic nitrogens is 1. The first-order valence-corrected chi connectivity index (χ1v) is 7.67. The van der Waals surface area contributed by atoms with Crippen molar-refractivity contribution < 1.29 is 13.5 Å². The molecule has 0 spiro atoms. The molecular weight excluding hydrogens is 276 g/mol. The van der Waals surface area contributed by atoms with Gasteiger partial charge in [0.05, 0.1) is 11.5 Å². The summed E-state index contributed by atoms with van der Waals surface area (Å²) in [6.07, 6.45) is 1.40. The molecule has 2 N–H and O–H groups in total. The molecule has 5 nitrogen and oxygen atoms in total. The maximum atomic E-state index is 12.4. The van der Waals surface area contributed by atoms with E-state index in [-0.39, 0.29) is 11.5 Å². The summed E-state index contributed by atoms with van der Waals surface area (Å²) < 4.78 is 26.0. The zero-order valence-corrected chi connectivity index (χ0v) is 12.3. The van der Waals surface area contributed by atoms with Gasteiger partial charge in [0.2, 0.25) is 10.0 Å². The van der Waals surface area contributed by atoms with Crippen molar-refractivity contribution in [2.75, 3.05) is 7.05 Å². The highest BCUT2D eigenvalue weighted by Crippen LogP contribution is 2.18. The molecule has 0 amide bonds. The van der Waals surface area contributed by atoms with Gasteiger partial charge in [0, 0.05) is 25.5 Å². The zero-order valence-electron chi connectivity index (χ0n) is 11.5. The second kappa shape index (κ2) is 5.78. The Morgan fingerprint density at radius 2 is 2.05 bits per heavy atom. The fourth-order valence-corrected chi connectivity index (χ4v) is 3.17. The lowest BCUT2D eigenvalue weighted by Gasteiger charge is -2.16. The Bertz CT molecular complexity index is 692. The van der Waals surface area contributed by atoms with Crippen LogP contribution in [-0.2, 0) is 23.2 Å². The van der Waals surface area contributed by atoms with Crippen molar-refractivity contribution in [2.45, 2.75) is 25.0 Å². The number of sulfonamides is 1. The third-order valence-corrected chi connectivity index (χ3v) is 4.86. The second-order valence-corrected chi connectivity index (χ2v) is 6.81. The van der Waals surface area contributed by atoms with Gasteiger partial charge in [-0.05, 0) is 18.6 Å². The summed E-state index contributed by atoms with van der Waals surface area (Å²) in [6.45, 7) is 2.07. The Morgan fingerprint density at radius 1 is 1.30 bits per heavy atom. The fourth-order valence-electron chi connectivity index (χ4n) is 1.99. The number of aryl methyl sites for hydroxylation is 1. The molecule has 0 saturated heterocycles. The normalized spacial score (nSPS) is 12.0. The summed E-state index contributed by atoms with van der Waals surface area (Å²) >= 11 is 0. The standard InChI is InChI=1S/C14H18N2O3S/c1-11-4-3-5-12(6-11)9-16(2)20(18,19)14-7-13(10-17)15-8-14/h3-8,15,17H,9-10H2,1-2H3. The number of aliphatic hydroxyl groups excluding tert-OH is 1. The van der Waals surface area contributed by atoms with Crippen molar-refractivity contribution in [3.05, 3.63) is 53.3 Å². The minimum absolute atomic E-state index is 0.164. The highest BCUT2D eigenvalue weighted by molar-refractivity contribution is 7.89. The van der Waals surface area contributed by atoms with Gasteiger partial charge < -0.3 is 10.1 Å². The molecule has 0 aliphatic heterocycles. The van der Waals surface area contributed by atoms with E-state index in [0.717, 1.165) is 11.1 Å². The van der Waals surface area contributed by atoms with E-state index >= 15 is 0 Å². The molecule has 0 atom stereocenters. The molecule has 20 heavy (non-hydrogen) atoms. The molecule has 0 aliphatic rings. The number of H-pyrrole nitrogens is 1. The van der Waals surface area contributed by atoms with Gasteiger partial charge >= 0.3 is 0 Å². The average molecular weight is 294 g/mol. The molecule has 2 aromatic rings. The molecule has 0 fully saturated rings. The van der Waals surface area contributed by atoms with Crippen LogP contribution in [0.4, 0.5) is 0 Å². The number of benzene rings is 1. The summed E-state index contributed by atoms with van der Waals surface area (Å²) in [4.78, 5) is 2.90. The highest BCUT2D eigenvalue weighted by atomic mass is 32.2. The molecule has 0 unspecified atom stereocenters. The van der Waals surface area contributed by atoms with Gasteiger partial charge in [-0.1, -0.05) is 29.8 Å². The third-order valence-electron chi connectivity index (χ3n) is 3.08. The van der Waals surface area contributed by atoms with E-state index in [1.165, 1.54) is 16.6 Å². The predicted octanol–water partition coefficient (Wildman–Crippen LogP) is 1.64. The van der Waals surface area contributed by atoms with Gasteiger partial charge in [-0.3, -0.25) is 0 Å². The maximum Gasteiger partial charge on any atom is 0.244 e. The number of nitrogens with one attached hydrogen (secondary N) is 1. The average Bonchev–Trinajstić information content (AvgIpc) is 2.88. The van der Waals surface area contributed by atoms with E-state index in [1.54, 1.807) is 7.05 Å². The predicted molar refractivity (Wildman–Crippen MR) is 76.5 cm³/mol. The van der Waals surface area contributed by atoms with Crippen LogP contribution in [0, 0.1) is 6.92 Å². The number of hydrogen-bond donors (Lipinski definition) is 2. The van der Waals surface area contributed by atoms with E-state index in [4.69, 9.17) is 5.11 Å². The molecule has 108 valence electrons. The molecule has 1 aromatic carbocycles. The maximum absolute atomic E-state index is 12.4. The molecule has 6 heteroatoms. The summed E-state index contributed by atoms with van der Waals surface area (Å²) in [7, 11) is -2.00. The summed E-state index contributed by atoms with van der Waals surface area (Å²) in [5.41, 5.74) is 2.51. The van der Waals surface area contributed by atoms with E-state index in [2.05, 4.69) is 4.98 Å². The third kappa shape index (κ3) is 3.09. The van der Waals surface area contributed by atoms with Crippen LogP contribution in [0.5, 0.6) is 0 Å². The molecule has 1 heterocycles. The smallest absolute Gasteiger partial charge is 0.244 e. The lowest BCUT2D eigenvalue weighted by molar-refractivity contribution is 0.277. The largest absolute Gasteiger partial charge is 0.390 e. The monoisotopic (exact) mass is 294 g/mol. The molecular formula is C14H18N2O3S. The summed E-state index contributed by atoms with van der Waals surface area (Å²) in [6, 6.07) is 9.18. The first kappa shape index (κ1) is 14.8. The first-order chi connectivity index (χ1) is 9.43. The van der Waals surface area contributed by atoms with Crippen LogP contribution < -0.4 is 0 Å². The fraction of sp³-hybridized carbons (Fsp3) is 0.286. The Kier molecular flexibility index (Phi) is 4.27. The van der Waals surface area contributed by atoms with E-state index < -0.39 is 10.0 Å². The molecule has 0 saturated carbocycles. The van der Waals surface area contributed by atoms with Crippen LogP contribution in [0.25, 0.3) is 0 Å². The SMILES string of the molecule is Cc1cccc(CN(C)S(=O)(=O)c2c[nH]c(CO)c2)c1. The van der Waals surface area contributed by atoms with E-state index in [0.29, 0.717) is 12.2 Å². The van der Waals surface area contributed by atoms with Crippen LogP contribution >= 0.6 is 0 Å². The van der Waals surface area contributed by atoms with Crippen molar-refractivity contribution in [3.8, 4) is 0 Å². The Morgan fingerprint density at radius 3 is 2.65 bits per heavy atom. The molecule has 2 rings (SSSR count). The van der Waals surface area contributed by atoms with Crippen molar-refractivity contribution in [3.63, 3.8) is 0 Å². The Labute approximate surface area is 118 Å². The quantitative estimate of drug-likeness (QED) is 0.880. The Balaban J connectivity index is 2.21. The first-order valence-electron chi connectivity index (χ1n) is 6.23. The van der Waals surface area contributed by atoms with E-state index in [1.807, 2.05) is 31.2 Å². The number of hydrogen-bond acceptors (Lipinski definition) is 3. The van der Waals surface area contributed by atoms with Crippen molar-refractivity contribution >= 4 is 10.0 Å². The van der Waals surface area contributed by atoms with Crippen molar-refractivity contribution in [1.82, 2.24) is 9.29 Å². The number of rotatable bonds is 5. The van der Waals surface area contributed by atoms with Crippen molar-refractivity contribution in [2.24, 2.45) is 0 Å². The minimum atomic E-state index is -3.55. The highest BCUT2D eigenvalue weighted by Gasteiger charge is 2.22. The second-order valence-electron chi connectivity index (χ2n) is 4.77. The van der Waals surface area contributed by atoms with Gasteiger partial charge in [0.15, 0.2) is 0 Å². The lowest BCUT2D eigenvalue weighted by Crippen LogP contribution is -2.26. The molecule has 0 bridgehead atoms. The number of aromatic amines is 1. The van der Waals surface area contributed by atoms with E-state index in [9.17, 15) is 8.42 Å². The Hall–Kier alpha value is -1.63. The summed E-state index contributed by atoms with van der Waals surface area (Å²) in [5.74, 6) is 0. The molecule has 0 radical (unpaired) electrons. The van der Waals surface area contributed by atoms with Gasteiger partial charge in [0.25, 0.3) is 0 Å². The van der Waals surface area contributed by atoms with Crippen LogP contribution in [0.15, 0.2) is 41.4 Å². The summed E-state index contributed by atoms with van der Waals surface area (Å²) in [5, 5.41) is 8.98. The van der Waals surface area contributed by atoms with Gasteiger partial charge in [-0.15, -0.1) is 0 Å². The van der Waals surface area contributed by atoms with Crippen LogP contribution in [0.2, 0.25) is 0 Å². The van der Waals surface area contributed by atoms with Crippen LogP contribution in [0.3, 0.4) is 0 Å². The number of nitrogens with zero attached hydrogens (tertiary/aromatic N) is 1. The number of aliphatic hydroxyl groups is 1. The topological polar surface area (TPSA) is 73.4 Å². The van der Waals surface area contributed by atoms with Crippen LogP contribution in [-0.4, -0.2) is 29.9 Å². The minimum Gasteiger partial charge on any atom is -0.390 e. The lowest BCUT2D eigenvalue weighted by atomic mass is 10.1. The molecule has 0 aliphatic carbocycles. The molecule has 1 aromatic heterocycles. The van der Waals surface area contributed by atoms with Gasteiger partial charge in [-0.25, -0.2) is 8.42 Å². The van der Waals surface area contributed by atoms with Gasteiger partial charge in [0.1, 0.15) is 0 Å². The van der Waals surface area contributed by atoms with Crippen LogP contribution in [0.1, 0.15) is 16.8 Å². The zero-order chi connectivity index (χ0) is 14.8. The van der Waals surface area contributed by atoms with Gasteiger partial charge in [-0.2, -0.15) is 4.31 Å². The van der Waals surface area contributed by atoms with Crippen molar-refractivity contribution in [1.29, 1.82) is 0 Å².